The lowest BCUT2D eigenvalue weighted by molar-refractivity contribution is 0.112. The molecule has 1 amide bonds. The van der Waals surface area contributed by atoms with Crippen molar-refractivity contribution in [2.24, 2.45) is 0 Å². The van der Waals surface area contributed by atoms with E-state index in [1.807, 2.05) is 24.3 Å². The second-order valence-corrected chi connectivity index (χ2v) is 7.04. The number of ether oxygens (including phenoxy) is 1. The molecule has 0 saturated heterocycles. The molecule has 0 spiro atoms. The molecule has 0 bridgehead atoms. The number of rotatable bonds is 6. The first-order chi connectivity index (χ1) is 14.7. The minimum absolute atomic E-state index is 0.0254. The molecule has 30 heavy (non-hydrogen) atoms. The summed E-state index contributed by atoms with van der Waals surface area (Å²) >= 11 is 0. The summed E-state index contributed by atoms with van der Waals surface area (Å²) in [7, 11) is 0. The Hall–Kier alpha value is -3.86. The van der Waals surface area contributed by atoms with Gasteiger partial charge in [0.05, 0.1) is 5.56 Å². The highest BCUT2D eigenvalue weighted by Crippen LogP contribution is 2.44. The highest BCUT2D eigenvalue weighted by atomic mass is 16.5. The molecule has 1 aliphatic rings. The van der Waals surface area contributed by atoms with Crippen molar-refractivity contribution in [3.8, 4) is 16.9 Å². The van der Waals surface area contributed by atoms with Crippen molar-refractivity contribution in [2.45, 2.75) is 5.92 Å². The molecule has 5 heteroatoms. The van der Waals surface area contributed by atoms with Gasteiger partial charge < -0.3 is 15.2 Å². The Morgan fingerprint density at radius 2 is 1.67 bits per heavy atom. The number of phenolic OH excluding ortho intramolecular Hbond substituents is 1. The number of benzene rings is 3. The van der Waals surface area contributed by atoms with Gasteiger partial charge in [0.15, 0.2) is 6.29 Å². The van der Waals surface area contributed by atoms with Crippen LogP contribution in [0.2, 0.25) is 0 Å². The van der Waals surface area contributed by atoms with Gasteiger partial charge in [0.2, 0.25) is 0 Å². The summed E-state index contributed by atoms with van der Waals surface area (Å²) in [5.74, 6) is -0.0311. The van der Waals surface area contributed by atoms with Crippen molar-refractivity contribution in [2.75, 3.05) is 13.2 Å². The minimum Gasteiger partial charge on any atom is -0.507 e. The van der Waals surface area contributed by atoms with Crippen LogP contribution in [0.5, 0.6) is 5.75 Å². The number of nitrogens with one attached hydrogen (secondary N) is 1. The van der Waals surface area contributed by atoms with Crippen LogP contribution in [0.25, 0.3) is 17.2 Å². The summed E-state index contributed by atoms with van der Waals surface area (Å²) in [5.41, 5.74) is 5.70. The maximum atomic E-state index is 12.1. The number of carbonyl (C=O) groups is 2. The van der Waals surface area contributed by atoms with E-state index >= 15 is 0 Å². The summed E-state index contributed by atoms with van der Waals surface area (Å²) in [6, 6.07) is 21.1. The second-order valence-electron chi connectivity index (χ2n) is 7.04. The van der Waals surface area contributed by atoms with Crippen molar-refractivity contribution in [3.63, 3.8) is 0 Å². The monoisotopic (exact) mass is 399 g/mol. The lowest BCUT2D eigenvalue weighted by atomic mass is 9.98. The van der Waals surface area contributed by atoms with Crippen LogP contribution in [0.4, 0.5) is 4.79 Å². The van der Waals surface area contributed by atoms with Crippen LogP contribution in [-0.4, -0.2) is 30.6 Å². The van der Waals surface area contributed by atoms with Gasteiger partial charge in [-0.1, -0.05) is 66.7 Å². The molecule has 4 rings (SSSR count). The molecule has 0 fully saturated rings. The van der Waals surface area contributed by atoms with E-state index in [-0.39, 0.29) is 30.4 Å². The first kappa shape index (κ1) is 19.5. The van der Waals surface area contributed by atoms with Crippen molar-refractivity contribution in [1.82, 2.24) is 5.32 Å². The average molecular weight is 399 g/mol. The fourth-order valence-corrected chi connectivity index (χ4v) is 3.76. The number of alkyl carbamates (subject to hydrolysis) is 1. The van der Waals surface area contributed by atoms with Gasteiger partial charge in [-0.3, -0.25) is 4.79 Å². The zero-order chi connectivity index (χ0) is 20.9. The molecule has 0 aromatic heterocycles. The number of aromatic hydroxyl groups is 1. The molecule has 0 aliphatic heterocycles. The summed E-state index contributed by atoms with van der Waals surface area (Å²) in [6.07, 6.45) is 3.63. The number of carbonyl (C=O) groups excluding carboxylic acids is 2. The number of fused-ring (bicyclic) bond motifs is 3. The molecular formula is C25H21NO4. The van der Waals surface area contributed by atoms with Gasteiger partial charge in [-0.2, -0.15) is 0 Å². The van der Waals surface area contributed by atoms with Crippen LogP contribution in [-0.2, 0) is 4.74 Å². The highest BCUT2D eigenvalue weighted by molar-refractivity contribution is 5.81. The lowest BCUT2D eigenvalue weighted by Crippen LogP contribution is -2.26. The third-order valence-electron chi connectivity index (χ3n) is 5.20. The largest absolute Gasteiger partial charge is 0.507 e. The summed E-state index contributed by atoms with van der Waals surface area (Å²) in [4.78, 5) is 23.0. The van der Waals surface area contributed by atoms with E-state index in [1.54, 1.807) is 24.3 Å². The van der Waals surface area contributed by atoms with Gasteiger partial charge in [-0.05, 0) is 39.9 Å². The zero-order valence-corrected chi connectivity index (χ0v) is 16.2. The predicted octanol–water partition coefficient (Wildman–Crippen LogP) is 4.76. The van der Waals surface area contributed by atoms with Gasteiger partial charge >= 0.3 is 6.09 Å². The standard InChI is InChI=1S/C25H21NO4/c27-15-18-14-17(11-12-24(18)28)6-5-13-26-25(29)30-16-23-21-9-3-1-7-19(21)20-8-2-4-10-22(20)23/h1-12,14-15,23,28H,13,16H2,(H,26,29). The number of phenols is 1. The molecule has 5 nitrogen and oxygen atoms in total. The molecule has 3 aromatic rings. The van der Waals surface area contributed by atoms with Crippen LogP contribution in [0.15, 0.2) is 72.8 Å². The van der Waals surface area contributed by atoms with E-state index in [1.165, 1.54) is 28.3 Å². The number of amides is 1. The minimum atomic E-state index is -0.485. The fourth-order valence-electron chi connectivity index (χ4n) is 3.76. The molecule has 0 atom stereocenters. The van der Waals surface area contributed by atoms with Gasteiger partial charge in [0.1, 0.15) is 12.4 Å². The van der Waals surface area contributed by atoms with E-state index in [9.17, 15) is 14.7 Å². The average Bonchev–Trinajstić information content (AvgIpc) is 3.10. The van der Waals surface area contributed by atoms with E-state index in [0.717, 1.165) is 5.56 Å². The molecular weight excluding hydrogens is 378 g/mol. The quantitative estimate of drug-likeness (QED) is 0.586. The topological polar surface area (TPSA) is 75.6 Å². The van der Waals surface area contributed by atoms with Gasteiger partial charge in [0, 0.05) is 12.5 Å². The lowest BCUT2D eigenvalue weighted by Gasteiger charge is -2.14. The van der Waals surface area contributed by atoms with E-state index in [2.05, 4.69) is 29.6 Å². The SMILES string of the molecule is O=Cc1cc(C=CCNC(=O)OCC2c3ccccc3-c3ccccc32)ccc1O. The predicted molar refractivity (Wildman–Crippen MR) is 116 cm³/mol. The van der Waals surface area contributed by atoms with Gasteiger partial charge in [-0.15, -0.1) is 0 Å². The summed E-state index contributed by atoms with van der Waals surface area (Å²) in [6.45, 7) is 0.554. The van der Waals surface area contributed by atoms with Crippen LogP contribution in [0, 0.1) is 0 Å². The molecule has 1 aliphatic carbocycles. The van der Waals surface area contributed by atoms with Crippen molar-refractivity contribution in [1.29, 1.82) is 0 Å². The van der Waals surface area contributed by atoms with E-state index < -0.39 is 6.09 Å². The Labute approximate surface area is 174 Å². The van der Waals surface area contributed by atoms with Crippen molar-refractivity contribution in [3.05, 3.63) is 95.1 Å². The number of aldehydes is 1. The zero-order valence-electron chi connectivity index (χ0n) is 16.2. The maximum absolute atomic E-state index is 12.1. The van der Waals surface area contributed by atoms with Gasteiger partial charge in [0.25, 0.3) is 0 Å². The first-order valence-electron chi connectivity index (χ1n) is 9.71. The molecule has 2 N–H and O–H groups in total. The molecule has 150 valence electrons. The van der Waals surface area contributed by atoms with Crippen molar-refractivity contribution < 1.29 is 19.4 Å². The Balaban J connectivity index is 1.33. The maximum Gasteiger partial charge on any atom is 0.407 e. The Bertz CT molecular complexity index is 1070. The first-order valence-corrected chi connectivity index (χ1v) is 9.71. The Morgan fingerprint density at radius 1 is 1.00 bits per heavy atom. The highest BCUT2D eigenvalue weighted by Gasteiger charge is 2.28. The normalized spacial score (nSPS) is 12.4. The van der Waals surface area contributed by atoms with Crippen LogP contribution in [0.1, 0.15) is 33.0 Å². The van der Waals surface area contributed by atoms with Crippen LogP contribution in [0.3, 0.4) is 0 Å². The van der Waals surface area contributed by atoms with Crippen LogP contribution < -0.4 is 5.32 Å². The molecule has 0 saturated carbocycles. The molecule has 0 unspecified atom stereocenters. The molecule has 3 aromatic carbocycles. The molecule has 0 heterocycles. The Kier molecular flexibility index (Phi) is 5.61. The van der Waals surface area contributed by atoms with E-state index in [0.29, 0.717) is 6.29 Å². The van der Waals surface area contributed by atoms with Gasteiger partial charge in [-0.25, -0.2) is 4.79 Å². The fraction of sp³-hybridized carbons (Fsp3) is 0.120. The summed E-state index contributed by atoms with van der Waals surface area (Å²) < 4.78 is 5.48. The third kappa shape index (κ3) is 3.96. The van der Waals surface area contributed by atoms with Crippen LogP contribution >= 0.6 is 0 Å². The van der Waals surface area contributed by atoms with Crippen molar-refractivity contribution >= 4 is 18.5 Å². The Morgan fingerprint density at radius 3 is 2.33 bits per heavy atom. The van der Waals surface area contributed by atoms with E-state index in [4.69, 9.17) is 4.74 Å². The number of hydrogen-bond donors (Lipinski definition) is 2. The second kappa shape index (κ2) is 8.66. The molecule has 0 radical (unpaired) electrons. The third-order valence-corrected chi connectivity index (χ3v) is 5.20. The number of hydrogen-bond acceptors (Lipinski definition) is 4. The smallest absolute Gasteiger partial charge is 0.407 e. The summed E-state index contributed by atoms with van der Waals surface area (Å²) in [5, 5.41) is 12.2.